The number of anilines is 1. The zero-order valence-electron chi connectivity index (χ0n) is 14.8. The molecule has 1 aliphatic rings. The lowest BCUT2D eigenvalue weighted by atomic mass is 10.2. The standard InChI is InChI=1S/C17H26N4O3/c1-13-9-14(11-19-16(23)24-17(2,3)4)10-18-15(13)21-7-5-20(12-22)6-8-21/h9-10,12H,5-8,11H2,1-4H3,(H,19,23). The molecule has 2 heterocycles. The molecule has 1 saturated heterocycles. The third-order valence-electron chi connectivity index (χ3n) is 3.71. The van der Waals surface area contributed by atoms with Crippen LogP contribution in [0.25, 0.3) is 0 Å². The van der Waals surface area contributed by atoms with Gasteiger partial charge in [-0.25, -0.2) is 9.78 Å². The van der Waals surface area contributed by atoms with E-state index in [0.29, 0.717) is 19.6 Å². The SMILES string of the molecule is Cc1cc(CNC(=O)OC(C)(C)C)cnc1N1CCN(C=O)CC1. The molecule has 2 amide bonds. The molecule has 0 saturated carbocycles. The Morgan fingerprint density at radius 1 is 1.33 bits per heavy atom. The van der Waals surface area contributed by atoms with E-state index in [4.69, 9.17) is 4.74 Å². The molecule has 7 heteroatoms. The molecule has 1 aliphatic heterocycles. The van der Waals surface area contributed by atoms with Gasteiger partial charge >= 0.3 is 6.09 Å². The third-order valence-corrected chi connectivity index (χ3v) is 3.71. The highest BCUT2D eigenvalue weighted by atomic mass is 16.6. The second-order valence-corrected chi connectivity index (χ2v) is 6.97. The maximum absolute atomic E-state index is 11.7. The molecule has 0 radical (unpaired) electrons. The van der Waals surface area contributed by atoms with E-state index < -0.39 is 11.7 Å². The number of aryl methyl sites for hydroxylation is 1. The number of carbonyl (C=O) groups excluding carboxylic acids is 2. The first-order valence-electron chi connectivity index (χ1n) is 8.15. The van der Waals surface area contributed by atoms with E-state index in [2.05, 4.69) is 15.2 Å². The van der Waals surface area contributed by atoms with Gasteiger partial charge < -0.3 is 19.9 Å². The van der Waals surface area contributed by atoms with Crippen molar-refractivity contribution in [1.29, 1.82) is 0 Å². The quantitative estimate of drug-likeness (QED) is 0.848. The highest BCUT2D eigenvalue weighted by Crippen LogP contribution is 2.19. The molecule has 1 N–H and O–H groups in total. The van der Waals surface area contributed by atoms with Gasteiger partial charge in [-0.3, -0.25) is 4.79 Å². The lowest BCUT2D eigenvalue weighted by Gasteiger charge is -2.34. The van der Waals surface area contributed by atoms with E-state index >= 15 is 0 Å². The molecule has 0 spiro atoms. The fourth-order valence-corrected chi connectivity index (χ4v) is 2.58. The van der Waals surface area contributed by atoms with Crippen molar-refractivity contribution >= 4 is 18.3 Å². The third kappa shape index (κ3) is 5.11. The Bertz CT molecular complexity index is 590. The number of piperazine rings is 1. The molecule has 24 heavy (non-hydrogen) atoms. The molecule has 1 aromatic rings. The summed E-state index contributed by atoms with van der Waals surface area (Å²) in [5.41, 5.74) is 1.47. The molecule has 0 bridgehead atoms. The zero-order valence-corrected chi connectivity index (χ0v) is 14.8. The minimum Gasteiger partial charge on any atom is -0.444 e. The molecule has 0 atom stereocenters. The molecule has 7 nitrogen and oxygen atoms in total. The van der Waals surface area contributed by atoms with Crippen molar-refractivity contribution < 1.29 is 14.3 Å². The second-order valence-electron chi connectivity index (χ2n) is 6.97. The molecule has 132 valence electrons. The number of carbonyl (C=O) groups is 2. The van der Waals surface area contributed by atoms with Gasteiger partial charge in [0.2, 0.25) is 6.41 Å². The first-order valence-corrected chi connectivity index (χ1v) is 8.15. The van der Waals surface area contributed by atoms with E-state index in [0.717, 1.165) is 36.4 Å². The van der Waals surface area contributed by atoms with Crippen molar-refractivity contribution in [3.05, 3.63) is 23.4 Å². The Morgan fingerprint density at radius 3 is 2.54 bits per heavy atom. The predicted molar refractivity (Wildman–Crippen MR) is 91.9 cm³/mol. The average Bonchev–Trinajstić information content (AvgIpc) is 2.52. The Balaban J connectivity index is 1.92. The Hall–Kier alpha value is -2.31. The van der Waals surface area contributed by atoms with Gasteiger partial charge in [-0.2, -0.15) is 0 Å². The van der Waals surface area contributed by atoms with Gasteiger partial charge in [0.25, 0.3) is 0 Å². The van der Waals surface area contributed by atoms with Crippen LogP contribution in [0.5, 0.6) is 0 Å². The lowest BCUT2D eigenvalue weighted by molar-refractivity contribution is -0.118. The van der Waals surface area contributed by atoms with Crippen LogP contribution < -0.4 is 10.2 Å². The Kier molecular flexibility index (Phi) is 5.64. The number of rotatable bonds is 4. The fraction of sp³-hybridized carbons (Fsp3) is 0.588. The van der Waals surface area contributed by atoms with Crippen LogP contribution in [0.15, 0.2) is 12.3 Å². The van der Waals surface area contributed by atoms with Crippen molar-refractivity contribution in [1.82, 2.24) is 15.2 Å². The van der Waals surface area contributed by atoms with Crippen LogP contribution in [0.2, 0.25) is 0 Å². The lowest BCUT2D eigenvalue weighted by Crippen LogP contribution is -2.46. The van der Waals surface area contributed by atoms with Gasteiger partial charge in [0.05, 0.1) is 0 Å². The first-order chi connectivity index (χ1) is 11.3. The molecule has 1 aromatic heterocycles. The van der Waals surface area contributed by atoms with Crippen molar-refractivity contribution in [3.8, 4) is 0 Å². The number of ether oxygens (including phenoxy) is 1. The summed E-state index contributed by atoms with van der Waals surface area (Å²) >= 11 is 0. The van der Waals surface area contributed by atoms with Gasteiger partial charge in [-0.15, -0.1) is 0 Å². The number of nitrogens with one attached hydrogen (secondary N) is 1. The van der Waals surface area contributed by atoms with E-state index in [1.807, 2.05) is 33.8 Å². The number of amides is 2. The molecule has 0 aliphatic carbocycles. The van der Waals surface area contributed by atoms with E-state index in [9.17, 15) is 9.59 Å². The van der Waals surface area contributed by atoms with Gasteiger partial charge in [0, 0.05) is 38.9 Å². The topological polar surface area (TPSA) is 74.8 Å². The van der Waals surface area contributed by atoms with Crippen molar-refractivity contribution in [3.63, 3.8) is 0 Å². The number of pyridine rings is 1. The van der Waals surface area contributed by atoms with Gasteiger partial charge in [-0.1, -0.05) is 0 Å². The average molecular weight is 334 g/mol. The number of nitrogens with zero attached hydrogens (tertiary/aromatic N) is 3. The minimum absolute atomic E-state index is 0.377. The number of alkyl carbamates (subject to hydrolysis) is 1. The maximum atomic E-state index is 11.7. The number of hydrogen-bond acceptors (Lipinski definition) is 5. The summed E-state index contributed by atoms with van der Waals surface area (Å²) in [6.45, 7) is 10.9. The minimum atomic E-state index is -0.508. The highest BCUT2D eigenvalue weighted by molar-refractivity contribution is 5.67. The summed E-state index contributed by atoms with van der Waals surface area (Å²) in [4.78, 5) is 31.0. The zero-order chi connectivity index (χ0) is 17.7. The van der Waals surface area contributed by atoms with Gasteiger partial charge in [0.15, 0.2) is 0 Å². The summed E-state index contributed by atoms with van der Waals surface area (Å²) in [5.74, 6) is 0.932. The summed E-state index contributed by atoms with van der Waals surface area (Å²) in [6.07, 6.45) is 2.23. The molecular formula is C17H26N4O3. The monoisotopic (exact) mass is 334 g/mol. The van der Waals surface area contributed by atoms with Crippen LogP contribution >= 0.6 is 0 Å². The molecule has 2 rings (SSSR count). The fourth-order valence-electron chi connectivity index (χ4n) is 2.58. The van der Waals surface area contributed by atoms with Crippen molar-refractivity contribution in [2.45, 2.75) is 39.8 Å². The number of aromatic nitrogens is 1. The van der Waals surface area contributed by atoms with E-state index in [1.54, 1.807) is 11.1 Å². The molecule has 0 unspecified atom stereocenters. The Morgan fingerprint density at radius 2 is 2.00 bits per heavy atom. The van der Waals surface area contributed by atoms with Gasteiger partial charge in [0.1, 0.15) is 11.4 Å². The van der Waals surface area contributed by atoms with Crippen LogP contribution in [0.4, 0.5) is 10.6 Å². The summed E-state index contributed by atoms with van der Waals surface area (Å²) in [5, 5.41) is 2.73. The summed E-state index contributed by atoms with van der Waals surface area (Å²) in [7, 11) is 0. The summed E-state index contributed by atoms with van der Waals surface area (Å²) < 4.78 is 5.22. The van der Waals surface area contributed by atoms with Crippen molar-refractivity contribution in [2.24, 2.45) is 0 Å². The predicted octanol–water partition coefficient (Wildman–Crippen LogP) is 1.69. The van der Waals surface area contributed by atoms with Crippen LogP contribution in [-0.4, -0.2) is 54.2 Å². The molecule has 0 aromatic carbocycles. The highest BCUT2D eigenvalue weighted by Gasteiger charge is 2.19. The maximum Gasteiger partial charge on any atom is 0.407 e. The molecular weight excluding hydrogens is 308 g/mol. The van der Waals surface area contributed by atoms with E-state index in [-0.39, 0.29) is 0 Å². The molecule has 1 fully saturated rings. The second kappa shape index (κ2) is 7.51. The van der Waals surface area contributed by atoms with Crippen LogP contribution in [0, 0.1) is 6.92 Å². The normalized spacial score (nSPS) is 15.2. The first kappa shape index (κ1) is 18.0. The van der Waals surface area contributed by atoms with Crippen molar-refractivity contribution in [2.75, 3.05) is 31.1 Å². The Labute approximate surface area is 143 Å². The van der Waals surface area contributed by atoms with Crippen LogP contribution in [0.3, 0.4) is 0 Å². The summed E-state index contributed by atoms with van der Waals surface area (Å²) in [6, 6.07) is 2.02. The smallest absolute Gasteiger partial charge is 0.407 e. The van der Waals surface area contributed by atoms with Crippen LogP contribution in [0.1, 0.15) is 31.9 Å². The van der Waals surface area contributed by atoms with Crippen LogP contribution in [-0.2, 0) is 16.1 Å². The largest absolute Gasteiger partial charge is 0.444 e. The van der Waals surface area contributed by atoms with Gasteiger partial charge in [-0.05, 0) is 44.9 Å². The van der Waals surface area contributed by atoms with E-state index in [1.165, 1.54) is 0 Å². The number of hydrogen-bond donors (Lipinski definition) is 1.